The summed E-state index contributed by atoms with van der Waals surface area (Å²) in [6.07, 6.45) is 3.81. The fraction of sp³-hybridized carbons (Fsp3) is 0.105. The molecule has 0 saturated carbocycles. The maximum absolute atomic E-state index is 5.40. The van der Waals surface area contributed by atoms with Gasteiger partial charge in [0.15, 0.2) is 5.82 Å². The van der Waals surface area contributed by atoms with Crippen LogP contribution < -0.4 is 4.74 Å². The van der Waals surface area contributed by atoms with E-state index in [1.54, 1.807) is 18.0 Å². The largest absolute Gasteiger partial charge is 0.496 e. The predicted molar refractivity (Wildman–Crippen MR) is 103 cm³/mol. The van der Waals surface area contributed by atoms with E-state index in [-0.39, 0.29) is 0 Å². The monoisotopic (exact) mass is 350 g/mol. The number of hydrogen-bond donors (Lipinski definition) is 1. The summed E-state index contributed by atoms with van der Waals surface area (Å²) < 4.78 is 7.42. The molecule has 1 N–H and O–H groups in total. The van der Waals surface area contributed by atoms with Crippen LogP contribution in [-0.2, 0) is 0 Å². The van der Waals surface area contributed by atoms with E-state index in [4.69, 9.17) is 17.0 Å². The first-order chi connectivity index (χ1) is 12.2. The first-order valence-electron chi connectivity index (χ1n) is 7.77. The molecule has 0 unspecified atom stereocenters. The molecule has 0 spiro atoms. The van der Waals surface area contributed by atoms with E-state index in [2.05, 4.69) is 21.4 Å². The highest BCUT2D eigenvalue weighted by atomic mass is 32.1. The van der Waals surface area contributed by atoms with Gasteiger partial charge in [-0.2, -0.15) is 14.9 Å². The van der Waals surface area contributed by atoms with Crippen molar-refractivity contribution < 1.29 is 4.74 Å². The zero-order chi connectivity index (χ0) is 17.6. The molecular weight excluding hydrogens is 332 g/mol. The highest BCUT2D eigenvalue weighted by Crippen LogP contribution is 2.28. The van der Waals surface area contributed by atoms with E-state index < -0.39 is 0 Å². The molecule has 3 aromatic rings. The number of nitrogens with one attached hydrogen (secondary N) is 1. The number of methoxy groups -OCH3 is 1. The van der Waals surface area contributed by atoms with Crippen LogP contribution in [0.2, 0.25) is 0 Å². The lowest BCUT2D eigenvalue weighted by Crippen LogP contribution is -1.97. The Morgan fingerprint density at radius 3 is 2.64 bits per heavy atom. The Bertz CT molecular complexity index is 970. The normalized spacial score (nSPS) is 11.8. The third kappa shape index (κ3) is 3.92. The summed E-state index contributed by atoms with van der Waals surface area (Å²) in [5.74, 6) is 1.32. The van der Waals surface area contributed by atoms with Crippen molar-refractivity contribution in [2.45, 2.75) is 6.92 Å². The summed E-state index contributed by atoms with van der Waals surface area (Å²) in [6.45, 7) is 1.99. The number of benzene rings is 2. The van der Waals surface area contributed by atoms with E-state index >= 15 is 0 Å². The minimum absolute atomic E-state index is 0.421. The molecule has 126 valence electrons. The minimum atomic E-state index is 0.421. The van der Waals surface area contributed by atoms with Gasteiger partial charge in [0.2, 0.25) is 4.77 Å². The number of para-hydroxylation sites is 1. The van der Waals surface area contributed by atoms with Crippen LogP contribution in [0.4, 0.5) is 0 Å². The second-order valence-corrected chi connectivity index (χ2v) is 5.79. The number of ether oxygens (including phenoxy) is 1. The van der Waals surface area contributed by atoms with Crippen LogP contribution in [0.5, 0.6) is 5.75 Å². The maximum atomic E-state index is 5.40. The molecular formula is C19H18N4OS. The predicted octanol–water partition coefficient (Wildman–Crippen LogP) is 4.55. The van der Waals surface area contributed by atoms with Crippen molar-refractivity contribution in [3.05, 3.63) is 70.5 Å². The summed E-state index contributed by atoms with van der Waals surface area (Å²) >= 11 is 5.30. The van der Waals surface area contributed by atoms with E-state index in [9.17, 15) is 0 Å². The van der Waals surface area contributed by atoms with Gasteiger partial charge < -0.3 is 4.74 Å². The molecule has 0 aliphatic carbocycles. The van der Waals surface area contributed by atoms with Crippen molar-refractivity contribution in [3.63, 3.8) is 0 Å². The minimum Gasteiger partial charge on any atom is -0.496 e. The molecule has 3 rings (SSSR count). The lowest BCUT2D eigenvalue weighted by atomic mass is 10.1. The molecule has 1 heterocycles. The quantitative estimate of drug-likeness (QED) is 0.542. The molecule has 1 aromatic heterocycles. The molecule has 0 aliphatic heterocycles. The van der Waals surface area contributed by atoms with Crippen LogP contribution >= 0.6 is 12.2 Å². The standard InChI is InChI=1S/C19H18N4OS/c1-14(12-15-8-4-3-5-9-15)13-20-23-18(21-22-19(23)25)16-10-6-7-11-17(16)24-2/h3-13H,1-2H3,(H,22,25)/b14-12+,20-13-. The second-order valence-electron chi connectivity index (χ2n) is 5.41. The smallest absolute Gasteiger partial charge is 0.216 e. The van der Waals surface area contributed by atoms with Gasteiger partial charge in [0.1, 0.15) is 5.75 Å². The van der Waals surface area contributed by atoms with E-state index in [0.717, 1.165) is 16.7 Å². The number of allylic oxidation sites excluding steroid dienone is 1. The lowest BCUT2D eigenvalue weighted by Gasteiger charge is -2.06. The summed E-state index contributed by atoms with van der Waals surface area (Å²) in [5.41, 5.74) is 2.94. The molecule has 0 aliphatic rings. The number of hydrogen-bond acceptors (Lipinski definition) is 4. The average Bonchev–Trinajstić information content (AvgIpc) is 3.01. The third-order valence-electron chi connectivity index (χ3n) is 3.57. The summed E-state index contributed by atoms with van der Waals surface area (Å²) in [5, 5.41) is 11.6. The van der Waals surface area contributed by atoms with Gasteiger partial charge in [0.05, 0.1) is 18.9 Å². The SMILES string of the molecule is COc1ccccc1-c1n[nH]c(=S)n1/N=C\C(C)=C\c1ccccc1. The van der Waals surface area contributed by atoms with Crippen LogP contribution in [0.25, 0.3) is 17.5 Å². The van der Waals surface area contributed by atoms with E-state index in [1.165, 1.54) is 0 Å². The number of H-pyrrole nitrogens is 1. The summed E-state index contributed by atoms with van der Waals surface area (Å²) in [7, 11) is 1.63. The zero-order valence-corrected chi connectivity index (χ0v) is 14.8. The zero-order valence-electron chi connectivity index (χ0n) is 14.0. The number of nitrogens with zero attached hydrogens (tertiary/aromatic N) is 3. The van der Waals surface area contributed by atoms with Crippen molar-refractivity contribution in [3.8, 4) is 17.1 Å². The van der Waals surface area contributed by atoms with E-state index in [1.807, 2.05) is 61.5 Å². The number of rotatable bonds is 5. The second kappa shape index (κ2) is 7.72. The molecule has 6 heteroatoms. The summed E-state index contributed by atoms with van der Waals surface area (Å²) in [6, 6.07) is 17.7. The highest BCUT2D eigenvalue weighted by molar-refractivity contribution is 7.71. The van der Waals surface area contributed by atoms with Crippen LogP contribution in [0.15, 0.2) is 65.3 Å². The van der Waals surface area contributed by atoms with Gasteiger partial charge in [-0.3, -0.25) is 0 Å². The third-order valence-corrected chi connectivity index (χ3v) is 3.83. The van der Waals surface area contributed by atoms with Crippen molar-refractivity contribution >= 4 is 24.5 Å². The van der Waals surface area contributed by atoms with Crippen LogP contribution in [0, 0.1) is 4.77 Å². The molecule has 25 heavy (non-hydrogen) atoms. The first-order valence-corrected chi connectivity index (χ1v) is 8.18. The Morgan fingerprint density at radius 1 is 1.16 bits per heavy atom. The van der Waals surface area contributed by atoms with Gasteiger partial charge in [0.25, 0.3) is 0 Å². The van der Waals surface area contributed by atoms with Crippen LogP contribution in [-0.4, -0.2) is 28.2 Å². The Balaban J connectivity index is 1.95. The molecule has 5 nitrogen and oxygen atoms in total. The highest BCUT2D eigenvalue weighted by Gasteiger charge is 2.12. The molecule has 2 aromatic carbocycles. The van der Waals surface area contributed by atoms with Crippen molar-refractivity contribution in [2.75, 3.05) is 7.11 Å². The topological polar surface area (TPSA) is 55.2 Å². The van der Waals surface area contributed by atoms with Crippen molar-refractivity contribution in [2.24, 2.45) is 5.10 Å². The van der Waals surface area contributed by atoms with Gasteiger partial charge in [-0.05, 0) is 42.4 Å². The Morgan fingerprint density at radius 2 is 1.88 bits per heavy atom. The van der Waals surface area contributed by atoms with Crippen LogP contribution in [0.3, 0.4) is 0 Å². The Hall–Kier alpha value is -2.99. The Kier molecular flexibility index (Phi) is 5.20. The fourth-order valence-electron chi connectivity index (χ4n) is 2.40. The Labute approximate surface area is 151 Å². The molecule has 0 fully saturated rings. The molecule has 0 atom stereocenters. The van der Waals surface area contributed by atoms with Crippen molar-refractivity contribution in [1.82, 2.24) is 14.9 Å². The first kappa shape index (κ1) is 16.9. The molecule has 0 saturated heterocycles. The lowest BCUT2D eigenvalue weighted by molar-refractivity contribution is 0.416. The molecule has 0 bridgehead atoms. The average molecular weight is 350 g/mol. The van der Waals surface area contributed by atoms with Crippen molar-refractivity contribution in [1.29, 1.82) is 0 Å². The van der Waals surface area contributed by atoms with Crippen LogP contribution in [0.1, 0.15) is 12.5 Å². The molecule has 0 radical (unpaired) electrons. The van der Waals surface area contributed by atoms with Gasteiger partial charge >= 0.3 is 0 Å². The van der Waals surface area contributed by atoms with E-state index in [0.29, 0.717) is 16.3 Å². The van der Waals surface area contributed by atoms with Gasteiger partial charge in [-0.15, -0.1) is 0 Å². The fourth-order valence-corrected chi connectivity index (χ4v) is 2.58. The number of aromatic amines is 1. The maximum Gasteiger partial charge on any atom is 0.216 e. The van der Waals surface area contributed by atoms with Gasteiger partial charge in [0, 0.05) is 0 Å². The van der Waals surface area contributed by atoms with Gasteiger partial charge in [-0.1, -0.05) is 48.5 Å². The molecule has 0 amide bonds. The summed E-state index contributed by atoms with van der Waals surface area (Å²) in [4.78, 5) is 0. The number of aromatic nitrogens is 3. The van der Waals surface area contributed by atoms with Gasteiger partial charge in [-0.25, -0.2) is 5.10 Å².